The maximum Gasteiger partial charge on any atom is 0.303 e. The highest BCUT2D eigenvalue weighted by Gasteiger charge is 2.04. The highest BCUT2D eigenvalue weighted by molar-refractivity contribution is 5.67. The van der Waals surface area contributed by atoms with Crippen molar-refractivity contribution in [3.05, 3.63) is 11.6 Å². The number of allylic oxidation sites excluding steroid dienone is 2. The van der Waals surface area contributed by atoms with Crippen molar-refractivity contribution in [1.82, 2.24) is 0 Å². The normalized spacial score (nSPS) is 14.4. The molecular weight excluding hydrogens is 152 g/mol. The zero-order valence-corrected chi connectivity index (χ0v) is 8.13. The smallest absolute Gasteiger partial charge is 0.303 e. The average molecular weight is 170 g/mol. The minimum Gasteiger partial charge on any atom is -0.481 e. The Bertz CT molecular complexity index is 171. The molecule has 0 aliphatic heterocycles. The molecule has 0 bridgehead atoms. The van der Waals surface area contributed by atoms with Gasteiger partial charge in [-0.2, -0.15) is 0 Å². The van der Waals surface area contributed by atoms with Crippen LogP contribution in [0.5, 0.6) is 0 Å². The second kappa shape index (κ2) is 5.81. The van der Waals surface area contributed by atoms with E-state index >= 15 is 0 Å². The second-order valence-electron chi connectivity index (χ2n) is 3.34. The molecule has 0 heterocycles. The van der Waals surface area contributed by atoms with Crippen LogP contribution in [-0.2, 0) is 4.79 Å². The Morgan fingerprint density at radius 1 is 1.58 bits per heavy atom. The zero-order valence-electron chi connectivity index (χ0n) is 8.13. The quantitative estimate of drug-likeness (QED) is 0.644. The topological polar surface area (TPSA) is 37.3 Å². The van der Waals surface area contributed by atoms with E-state index in [1.54, 1.807) is 0 Å². The molecule has 0 aliphatic rings. The van der Waals surface area contributed by atoms with E-state index < -0.39 is 5.97 Å². The van der Waals surface area contributed by atoms with Gasteiger partial charge in [-0.3, -0.25) is 4.79 Å². The molecule has 1 unspecified atom stereocenters. The molecule has 0 spiro atoms. The molecule has 0 rings (SSSR count). The number of carboxylic acids is 1. The van der Waals surface area contributed by atoms with Crippen LogP contribution in [0.3, 0.4) is 0 Å². The van der Waals surface area contributed by atoms with Gasteiger partial charge in [0.25, 0.3) is 0 Å². The Morgan fingerprint density at radius 2 is 2.17 bits per heavy atom. The van der Waals surface area contributed by atoms with Gasteiger partial charge in [0.2, 0.25) is 0 Å². The molecule has 0 aromatic carbocycles. The SMILES string of the molecule is CCC/C(C)=C/C(C)CC(=O)O. The summed E-state index contributed by atoms with van der Waals surface area (Å²) >= 11 is 0. The summed E-state index contributed by atoms with van der Waals surface area (Å²) in [5, 5.41) is 8.50. The lowest BCUT2D eigenvalue weighted by Gasteiger charge is -2.04. The van der Waals surface area contributed by atoms with Gasteiger partial charge < -0.3 is 5.11 Å². The molecule has 0 aromatic heterocycles. The van der Waals surface area contributed by atoms with E-state index in [1.165, 1.54) is 5.57 Å². The van der Waals surface area contributed by atoms with Gasteiger partial charge in [-0.25, -0.2) is 0 Å². The number of aliphatic carboxylic acids is 1. The first kappa shape index (κ1) is 11.2. The van der Waals surface area contributed by atoms with Crippen LogP contribution in [0, 0.1) is 5.92 Å². The summed E-state index contributed by atoms with van der Waals surface area (Å²) in [6, 6.07) is 0. The Kier molecular flexibility index (Phi) is 5.43. The summed E-state index contributed by atoms with van der Waals surface area (Å²) in [6.45, 7) is 6.12. The van der Waals surface area contributed by atoms with Crippen LogP contribution in [0.25, 0.3) is 0 Å². The number of carboxylic acid groups (broad SMARTS) is 1. The predicted octanol–water partition coefficient (Wildman–Crippen LogP) is 2.84. The van der Waals surface area contributed by atoms with E-state index in [9.17, 15) is 4.79 Å². The third-order valence-electron chi connectivity index (χ3n) is 1.71. The fourth-order valence-corrected chi connectivity index (χ4v) is 1.30. The van der Waals surface area contributed by atoms with Crippen molar-refractivity contribution in [2.24, 2.45) is 5.92 Å². The van der Waals surface area contributed by atoms with Crippen molar-refractivity contribution >= 4 is 5.97 Å². The molecule has 0 fully saturated rings. The van der Waals surface area contributed by atoms with Crippen LogP contribution >= 0.6 is 0 Å². The van der Waals surface area contributed by atoms with Gasteiger partial charge in [0.15, 0.2) is 0 Å². The monoisotopic (exact) mass is 170 g/mol. The second-order valence-corrected chi connectivity index (χ2v) is 3.34. The summed E-state index contributed by atoms with van der Waals surface area (Å²) in [6.07, 6.45) is 4.49. The highest BCUT2D eigenvalue weighted by atomic mass is 16.4. The minimum atomic E-state index is -0.719. The molecule has 0 amide bonds. The summed E-state index contributed by atoms with van der Waals surface area (Å²) in [4.78, 5) is 10.3. The third-order valence-corrected chi connectivity index (χ3v) is 1.71. The van der Waals surface area contributed by atoms with E-state index in [-0.39, 0.29) is 12.3 Å². The summed E-state index contributed by atoms with van der Waals surface area (Å²) in [5.41, 5.74) is 1.30. The molecule has 0 aromatic rings. The molecule has 1 N–H and O–H groups in total. The van der Waals surface area contributed by atoms with Gasteiger partial charge in [0, 0.05) is 0 Å². The first-order valence-electron chi connectivity index (χ1n) is 4.45. The summed E-state index contributed by atoms with van der Waals surface area (Å²) in [5.74, 6) is -0.558. The number of hydrogen-bond acceptors (Lipinski definition) is 1. The van der Waals surface area contributed by atoms with Gasteiger partial charge >= 0.3 is 5.97 Å². The van der Waals surface area contributed by atoms with Crippen molar-refractivity contribution in [3.63, 3.8) is 0 Å². The summed E-state index contributed by atoms with van der Waals surface area (Å²) in [7, 11) is 0. The van der Waals surface area contributed by atoms with Crippen molar-refractivity contribution in [3.8, 4) is 0 Å². The lowest BCUT2D eigenvalue weighted by Crippen LogP contribution is -2.01. The first-order chi connectivity index (χ1) is 5.56. The Morgan fingerprint density at radius 3 is 2.58 bits per heavy atom. The van der Waals surface area contributed by atoms with E-state index in [0.29, 0.717) is 0 Å². The van der Waals surface area contributed by atoms with E-state index in [0.717, 1.165) is 12.8 Å². The number of rotatable bonds is 5. The van der Waals surface area contributed by atoms with Crippen LogP contribution in [0.4, 0.5) is 0 Å². The number of hydrogen-bond donors (Lipinski definition) is 1. The van der Waals surface area contributed by atoms with Crippen molar-refractivity contribution < 1.29 is 9.90 Å². The van der Waals surface area contributed by atoms with Crippen LogP contribution in [0.1, 0.15) is 40.0 Å². The fourth-order valence-electron chi connectivity index (χ4n) is 1.30. The molecule has 0 radical (unpaired) electrons. The summed E-state index contributed by atoms with van der Waals surface area (Å²) < 4.78 is 0. The predicted molar refractivity (Wildman–Crippen MR) is 50.1 cm³/mol. The highest BCUT2D eigenvalue weighted by Crippen LogP contribution is 2.11. The van der Waals surface area contributed by atoms with Crippen LogP contribution in [0.15, 0.2) is 11.6 Å². The molecule has 2 nitrogen and oxygen atoms in total. The minimum absolute atomic E-state index is 0.161. The first-order valence-corrected chi connectivity index (χ1v) is 4.45. The van der Waals surface area contributed by atoms with Crippen LogP contribution < -0.4 is 0 Å². The van der Waals surface area contributed by atoms with Gasteiger partial charge in [0.05, 0.1) is 6.42 Å². The molecule has 12 heavy (non-hydrogen) atoms. The Hall–Kier alpha value is -0.790. The maximum absolute atomic E-state index is 10.3. The molecular formula is C10H18O2. The lowest BCUT2D eigenvalue weighted by atomic mass is 10.0. The van der Waals surface area contributed by atoms with Crippen LogP contribution in [-0.4, -0.2) is 11.1 Å². The van der Waals surface area contributed by atoms with Gasteiger partial charge in [0.1, 0.15) is 0 Å². The van der Waals surface area contributed by atoms with Gasteiger partial charge in [-0.15, -0.1) is 0 Å². The molecule has 0 saturated carbocycles. The molecule has 0 saturated heterocycles. The van der Waals surface area contributed by atoms with E-state index in [2.05, 4.69) is 19.9 Å². The van der Waals surface area contributed by atoms with E-state index in [4.69, 9.17) is 5.11 Å². The molecule has 1 atom stereocenters. The molecule has 0 aliphatic carbocycles. The van der Waals surface area contributed by atoms with Gasteiger partial charge in [-0.1, -0.05) is 31.9 Å². The average Bonchev–Trinajstić information content (AvgIpc) is 1.84. The largest absolute Gasteiger partial charge is 0.481 e. The molecule has 2 heteroatoms. The Balaban J connectivity index is 3.86. The zero-order chi connectivity index (χ0) is 9.56. The van der Waals surface area contributed by atoms with Crippen molar-refractivity contribution in [2.45, 2.75) is 40.0 Å². The standard InChI is InChI=1S/C10H18O2/c1-4-5-8(2)6-9(3)7-10(11)12/h6,9H,4-5,7H2,1-3H3,(H,11,12)/b8-6+. The van der Waals surface area contributed by atoms with Crippen LogP contribution in [0.2, 0.25) is 0 Å². The van der Waals surface area contributed by atoms with Crippen molar-refractivity contribution in [1.29, 1.82) is 0 Å². The lowest BCUT2D eigenvalue weighted by molar-refractivity contribution is -0.137. The maximum atomic E-state index is 10.3. The molecule has 70 valence electrons. The fraction of sp³-hybridized carbons (Fsp3) is 0.700. The van der Waals surface area contributed by atoms with Crippen molar-refractivity contribution in [2.75, 3.05) is 0 Å². The van der Waals surface area contributed by atoms with Gasteiger partial charge in [-0.05, 0) is 19.3 Å². The number of carbonyl (C=O) groups is 1. The third kappa shape index (κ3) is 5.96. The Labute approximate surface area is 74.3 Å². The van der Waals surface area contributed by atoms with E-state index in [1.807, 2.05) is 6.92 Å².